The van der Waals surface area contributed by atoms with Crippen molar-refractivity contribution >= 4 is 11.8 Å². The fraction of sp³-hybridized carbons (Fsp3) is 0.222. The highest BCUT2D eigenvalue weighted by Gasteiger charge is 2.16. The fourth-order valence-electron chi connectivity index (χ4n) is 1.80. The van der Waals surface area contributed by atoms with Crippen LogP contribution < -0.4 is 4.74 Å². The van der Waals surface area contributed by atoms with E-state index in [9.17, 15) is 9.59 Å². The first kappa shape index (κ1) is 16.7. The van der Waals surface area contributed by atoms with Gasteiger partial charge >= 0.3 is 5.97 Å². The van der Waals surface area contributed by atoms with Crippen molar-refractivity contribution in [1.82, 2.24) is 0 Å². The Hall–Kier alpha value is -2.66. The van der Waals surface area contributed by atoms with E-state index in [-0.39, 0.29) is 13.2 Å². The van der Waals surface area contributed by atoms with E-state index in [0.717, 1.165) is 5.75 Å². The van der Waals surface area contributed by atoms with Crippen molar-refractivity contribution in [2.45, 2.75) is 0 Å². The highest BCUT2D eigenvalue weighted by molar-refractivity contribution is 6.40. The molecular weight excluding hydrogens is 296 g/mol. The molecule has 0 aromatic heterocycles. The van der Waals surface area contributed by atoms with Crippen molar-refractivity contribution in [2.75, 3.05) is 26.4 Å². The van der Waals surface area contributed by atoms with Crippen molar-refractivity contribution < 1.29 is 23.8 Å². The summed E-state index contributed by atoms with van der Waals surface area (Å²) in [7, 11) is 0. The Labute approximate surface area is 134 Å². The van der Waals surface area contributed by atoms with Crippen molar-refractivity contribution in [3.8, 4) is 5.75 Å². The van der Waals surface area contributed by atoms with E-state index in [1.807, 2.05) is 30.3 Å². The summed E-state index contributed by atoms with van der Waals surface area (Å²) >= 11 is 0. The largest absolute Gasteiger partial charge is 0.491 e. The van der Waals surface area contributed by atoms with Gasteiger partial charge in [0.25, 0.3) is 5.78 Å². The van der Waals surface area contributed by atoms with Crippen molar-refractivity contribution in [3.63, 3.8) is 0 Å². The lowest BCUT2D eigenvalue weighted by Gasteiger charge is -2.07. The standard InChI is InChI=1S/C18H18O5/c19-17(15-7-3-1-4-8-15)18(20)23-14-12-21-11-13-22-16-9-5-2-6-10-16/h1-10H,11-14H2. The maximum Gasteiger partial charge on any atom is 0.379 e. The number of hydrogen-bond donors (Lipinski definition) is 0. The molecule has 2 aromatic carbocycles. The third-order valence-corrected chi connectivity index (χ3v) is 2.92. The lowest BCUT2D eigenvalue weighted by Crippen LogP contribution is -2.20. The predicted molar refractivity (Wildman–Crippen MR) is 84.5 cm³/mol. The molecule has 0 spiro atoms. The smallest absolute Gasteiger partial charge is 0.379 e. The van der Waals surface area contributed by atoms with E-state index < -0.39 is 11.8 Å². The van der Waals surface area contributed by atoms with E-state index in [1.54, 1.807) is 30.3 Å². The number of hydrogen-bond acceptors (Lipinski definition) is 5. The Bertz CT molecular complexity index is 610. The fourth-order valence-corrected chi connectivity index (χ4v) is 1.80. The second-order valence-electron chi connectivity index (χ2n) is 4.60. The molecule has 0 aliphatic rings. The van der Waals surface area contributed by atoms with E-state index >= 15 is 0 Å². The Balaban J connectivity index is 1.55. The molecular formula is C18H18O5. The highest BCUT2D eigenvalue weighted by Crippen LogP contribution is 2.07. The molecule has 0 saturated carbocycles. The third kappa shape index (κ3) is 5.92. The van der Waals surface area contributed by atoms with Crippen molar-refractivity contribution in [2.24, 2.45) is 0 Å². The molecule has 0 radical (unpaired) electrons. The van der Waals surface area contributed by atoms with Gasteiger partial charge in [0.1, 0.15) is 19.0 Å². The van der Waals surface area contributed by atoms with Gasteiger partial charge in [0.15, 0.2) is 0 Å². The number of ether oxygens (including phenoxy) is 3. The van der Waals surface area contributed by atoms with Crippen LogP contribution in [0.2, 0.25) is 0 Å². The molecule has 120 valence electrons. The zero-order chi connectivity index (χ0) is 16.3. The predicted octanol–water partition coefficient (Wildman–Crippen LogP) is 2.51. The molecule has 0 aliphatic carbocycles. The van der Waals surface area contributed by atoms with E-state index in [1.165, 1.54) is 0 Å². The summed E-state index contributed by atoms with van der Waals surface area (Å²) in [5, 5.41) is 0. The molecule has 0 heterocycles. The van der Waals surface area contributed by atoms with Gasteiger partial charge in [0, 0.05) is 5.56 Å². The Morgan fingerprint density at radius 2 is 1.35 bits per heavy atom. The topological polar surface area (TPSA) is 61.8 Å². The number of carbonyl (C=O) groups is 2. The Kier molecular flexibility index (Phi) is 6.81. The number of rotatable bonds is 9. The van der Waals surface area contributed by atoms with E-state index in [2.05, 4.69) is 0 Å². The molecule has 23 heavy (non-hydrogen) atoms. The summed E-state index contributed by atoms with van der Waals surface area (Å²) in [5.74, 6) is -0.755. The summed E-state index contributed by atoms with van der Waals surface area (Å²) in [5.41, 5.74) is 0.315. The molecule has 0 N–H and O–H groups in total. The Morgan fingerprint density at radius 3 is 2.04 bits per heavy atom. The number of Topliss-reactive ketones (excluding diaryl/α,β-unsaturated/α-hetero) is 1. The molecule has 2 aromatic rings. The van der Waals surface area contributed by atoms with Gasteiger partial charge in [0.2, 0.25) is 0 Å². The van der Waals surface area contributed by atoms with Gasteiger partial charge in [-0.2, -0.15) is 0 Å². The average molecular weight is 314 g/mol. The summed E-state index contributed by atoms with van der Waals surface area (Å²) in [6, 6.07) is 17.7. The van der Waals surface area contributed by atoms with Crippen LogP contribution in [0, 0.1) is 0 Å². The monoisotopic (exact) mass is 314 g/mol. The minimum Gasteiger partial charge on any atom is -0.491 e. The molecule has 5 nitrogen and oxygen atoms in total. The van der Waals surface area contributed by atoms with Crippen molar-refractivity contribution in [1.29, 1.82) is 0 Å². The highest BCUT2D eigenvalue weighted by atomic mass is 16.6. The zero-order valence-electron chi connectivity index (χ0n) is 12.6. The van der Waals surface area contributed by atoms with Crippen LogP contribution in [0.25, 0.3) is 0 Å². The second kappa shape index (κ2) is 9.38. The molecule has 2 rings (SSSR count). The molecule has 0 fully saturated rings. The van der Waals surface area contributed by atoms with Gasteiger partial charge in [-0.15, -0.1) is 0 Å². The first-order valence-corrected chi connectivity index (χ1v) is 7.29. The maximum atomic E-state index is 11.7. The molecule has 0 amide bonds. The van der Waals surface area contributed by atoms with Gasteiger partial charge in [0.05, 0.1) is 13.2 Å². The lowest BCUT2D eigenvalue weighted by molar-refractivity contribution is -0.139. The second-order valence-corrected chi connectivity index (χ2v) is 4.60. The van der Waals surface area contributed by atoms with E-state index in [0.29, 0.717) is 18.8 Å². The van der Waals surface area contributed by atoms with Crippen LogP contribution in [0.15, 0.2) is 60.7 Å². The number of carbonyl (C=O) groups excluding carboxylic acids is 2. The van der Waals surface area contributed by atoms with Crippen LogP contribution >= 0.6 is 0 Å². The molecule has 0 aliphatic heterocycles. The van der Waals surface area contributed by atoms with Gasteiger partial charge in [-0.1, -0.05) is 48.5 Å². The van der Waals surface area contributed by atoms with Gasteiger partial charge in [-0.3, -0.25) is 4.79 Å². The molecule has 0 atom stereocenters. The summed E-state index contributed by atoms with van der Waals surface area (Å²) in [6.07, 6.45) is 0. The van der Waals surface area contributed by atoms with Crippen molar-refractivity contribution in [3.05, 3.63) is 66.2 Å². The summed E-state index contributed by atoms with van der Waals surface area (Å²) in [4.78, 5) is 23.3. The Morgan fingerprint density at radius 1 is 0.739 bits per heavy atom. The van der Waals surface area contributed by atoms with Crippen LogP contribution in [0.1, 0.15) is 10.4 Å². The van der Waals surface area contributed by atoms with Crippen LogP contribution in [0.4, 0.5) is 0 Å². The van der Waals surface area contributed by atoms with Crippen LogP contribution in [-0.2, 0) is 14.3 Å². The summed E-state index contributed by atoms with van der Waals surface area (Å²) in [6.45, 7) is 1.02. The number of ketones is 1. The maximum absolute atomic E-state index is 11.7. The minimum absolute atomic E-state index is 0.0305. The normalized spacial score (nSPS) is 10.1. The van der Waals surface area contributed by atoms with Gasteiger partial charge in [-0.05, 0) is 12.1 Å². The van der Waals surface area contributed by atoms with Crippen LogP contribution in [-0.4, -0.2) is 38.2 Å². The minimum atomic E-state index is -0.875. The SMILES string of the molecule is O=C(OCCOCCOc1ccccc1)C(=O)c1ccccc1. The van der Waals surface area contributed by atoms with Crippen LogP contribution in [0.5, 0.6) is 5.75 Å². The van der Waals surface area contributed by atoms with Crippen LogP contribution in [0.3, 0.4) is 0 Å². The zero-order valence-corrected chi connectivity index (χ0v) is 12.6. The van der Waals surface area contributed by atoms with E-state index in [4.69, 9.17) is 14.2 Å². The number of esters is 1. The third-order valence-electron chi connectivity index (χ3n) is 2.92. The summed E-state index contributed by atoms with van der Waals surface area (Å²) < 4.78 is 15.6. The quantitative estimate of drug-likeness (QED) is 0.308. The molecule has 5 heteroatoms. The number of para-hydroxylation sites is 1. The van der Waals surface area contributed by atoms with Gasteiger partial charge < -0.3 is 14.2 Å². The first-order chi connectivity index (χ1) is 11.3. The first-order valence-electron chi connectivity index (χ1n) is 7.29. The van der Waals surface area contributed by atoms with Gasteiger partial charge in [-0.25, -0.2) is 4.79 Å². The molecule has 0 bridgehead atoms. The average Bonchev–Trinajstić information content (AvgIpc) is 2.61. The molecule has 0 saturated heterocycles. The number of benzene rings is 2. The lowest BCUT2D eigenvalue weighted by atomic mass is 10.1. The molecule has 0 unspecified atom stereocenters.